The normalized spacial score (nSPS) is 13.0. The quantitative estimate of drug-likeness (QED) is 0.491. The molecule has 3 heterocycles. The highest BCUT2D eigenvalue weighted by Gasteiger charge is 2.16. The lowest BCUT2D eigenvalue weighted by Crippen LogP contribution is -2.01. The van der Waals surface area contributed by atoms with Crippen LogP contribution >= 0.6 is 22.9 Å². The number of pyridine rings is 1. The highest BCUT2D eigenvalue weighted by molar-refractivity contribution is 7.17. The Balaban J connectivity index is 2.05. The van der Waals surface area contributed by atoms with Crippen LogP contribution in [0.15, 0.2) is 48.1 Å². The maximum atomic E-state index is 6.33. The molecule has 1 aromatic carbocycles. The molecule has 3 aromatic heterocycles. The van der Waals surface area contributed by atoms with Crippen molar-refractivity contribution < 1.29 is 0 Å². The Labute approximate surface area is 130 Å². The highest BCUT2D eigenvalue weighted by atomic mass is 35.5. The van der Waals surface area contributed by atoms with Gasteiger partial charge in [0.25, 0.3) is 0 Å². The lowest BCUT2D eigenvalue weighted by atomic mass is 10.2. The van der Waals surface area contributed by atoms with E-state index in [0.717, 1.165) is 22.5 Å². The Morgan fingerprint density at radius 1 is 1.24 bits per heavy atom. The van der Waals surface area contributed by atoms with E-state index in [-0.39, 0.29) is 5.38 Å². The number of imidazole rings is 1. The molecule has 0 N–H and O–H groups in total. The minimum atomic E-state index is -0.171. The monoisotopic (exact) mass is 313 g/mol. The second-order valence-corrected chi connectivity index (χ2v) is 6.53. The van der Waals surface area contributed by atoms with Gasteiger partial charge >= 0.3 is 0 Å². The van der Waals surface area contributed by atoms with E-state index in [1.807, 2.05) is 13.0 Å². The fourth-order valence-electron chi connectivity index (χ4n) is 2.58. The summed E-state index contributed by atoms with van der Waals surface area (Å²) in [6, 6.07) is 10.5. The van der Waals surface area contributed by atoms with Crippen LogP contribution in [0.5, 0.6) is 0 Å². The lowest BCUT2D eigenvalue weighted by Gasteiger charge is -2.10. The Bertz CT molecular complexity index is 939. The van der Waals surface area contributed by atoms with Crippen molar-refractivity contribution in [3.05, 3.63) is 53.9 Å². The SMILES string of the molecule is CC(Cl)c1nc2cnccc2n1-c1ccc2sccc2c1. The zero-order valence-corrected chi connectivity index (χ0v) is 12.9. The Hall–Kier alpha value is -1.91. The van der Waals surface area contributed by atoms with Crippen molar-refractivity contribution >= 4 is 44.1 Å². The minimum absolute atomic E-state index is 0.171. The fraction of sp³-hybridized carbons (Fsp3) is 0.125. The minimum Gasteiger partial charge on any atom is -0.295 e. The van der Waals surface area contributed by atoms with Crippen molar-refractivity contribution in [3.63, 3.8) is 0 Å². The zero-order valence-electron chi connectivity index (χ0n) is 11.3. The maximum Gasteiger partial charge on any atom is 0.132 e. The van der Waals surface area contributed by atoms with Crippen LogP contribution in [-0.2, 0) is 0 Å². The van der Waals surface area contributed by atoms with E-state index in [0.29, 0.717) is 0 Å². The summed E-state index contributed by atoms with van der Waals surface area (Å²) in [6.45, 7) is 1.94. The van der Waals surface area contributed by atoms with Crippen LogP contribution in [0.1, 0.15) is 18.1 Å². The lowest BCUT2D eigenvalue weighted by molar-refractivity contribution is 0.883. The second-order valence-electron chi connectivity index (χ2n) is 4.93. The van der Waals surface area contributed by atoms with Gasteiger partial charge in [0.1, 0.15) is 11.3 Å². The van der Waals surface area contributed by atoms with Crippen LogP contribution < -0.4 is 0 Å². The van der Waals surface area contributed by atoms with Crippen molar-refractivity contribution in [2.45, 2.75) is 12.3 Å². The molecule has 0 saturated carbocycles. The van der Waals surface area contributed by atoms with Crippen molar-refractivity contribution in [2.24, 2.45) is 0 Å². The summed E-state index contributed by atoms with van der Waals surface area (Å²) in [7, 11) is 0. The van der Waals surface area contributed by atoms with Gasteiger partial charge in [0.15, 0.2) is 0 Å². The molecule has 104 valence electrons. The fourth-order valence-corrected chi connectivity index (χ4v) is 3.50. The maximum absolute atomic E-state index is 6.33. The molecule has 0 fully saturated rings. The molecule has 21 heavy (non-hydrogen) atoms. The summed E-state index contributed by atoms with van der Waals surface area (Å²) in [4.78, 5) is 8.77. The number of hydrogen-bond donors (Lipinski definition) is 0. The molecular formula is C16H12ClN3S. The number of halogens is 1. The average Bonchev–Trinajstić information content (AvgIpc) is 3.10. The molecule has 3 nitrogen and oxygen atoms in total. The molecule has 5 heteroatoms. The third-order valence-electron chi connectivity index (χ3n) is 3.53. The van der Waals surface area contributed by atoms with Crippen molar-refractivity contribution in [1.82, 2.24) is 14.5 Å². The average molecular weight is 314 g/mol. The molecule has 0 saturated heterocycles. The molecule has 0 amide bonds. The first-order valence-corrected chi connectivity index (χ1v) is 8.00. The molecule has 0 bridgehead atoms. The van der Waals surface area contributed by atoms with Crippen molar-refractivity contribution in [1.29, 1.82) is 0 Å². The summed E-state index contributed by atoms with van der Waals surface area (Å²) < 4.78 is 3.40. The largest absolute Gasteiger partial charge is 0.295 e. The molecule has 0 aliphatic heterocycles. The van der Waals surface area contributed by atoms with Gasteiger partial charge in [0.05, 0.1) is 17.1 Å². The second kappa shape index (κ2) is 4.83. The van der Waals surface area contributed by atoms with E-state index >= 15 is 0 Å². The van der Waals surface area contributed by atoms with Gasteiger partial charge in [-0.15, -0.1) is 22.9 Å². The number of rotatable bonds is 2. The Kier molecular flexibility index (Phi) is 2.94. The Morgan fingerprint density at radius 3 is 3.00 bits per heavy atom. The predicted octanol–water partition coefficient (Wildman–Crippen LogP) is 4.94. The van der Waals surface area contributed by atoms with E-state index in [1.165, 1.54) is 10.1 Å². The van der Waals surface area contributed by atoms with Crippen molar-refractivity contribution in [2.75, 3.05) is 0 Å². The molecule has 4 rings (SSSR count). The number of thiophene rings is 1. The van der Waals surface area contributed by atoms with Gasteiger partial charge in [0, 0.05) is 16.6 Å². The third-order valence-corrected chi connectivity index (χ3v) is 4.63. The third kappa shape index (κ3) is 2.03. The first kappa shape index (κ1) is 12.8. The number of aromatic nitrogens is 3. The molecule has 0 aliphatic rings. The summed E-state index contributed by atoms with van der Waals surface area (Å²) in [5, 5.41) is 3.17. The van der Waals surface area contributed by atoms with Crippen LogP contribution in [0, 0.1) is 0 Å². The molecular weight excluding hydrogens is 302 g/mol. The number of fused-ring (bicyclic) bond motifs is 2. The number of benzene rings is 1. The molecule has 1 unspecified atom stereocenters. The number of alkyl halides is 1. The van der Waals surface area contributed by atoms with Gasteiger partial charge in [-0.05, 0) is 48.0 Å². The first-order valence-electron chi connectivity index (χ1n) is 6.68. The van der Waals surface area contributed by atoms with Crippen molar-refractivity contribution in [3.8, 4) is 5.69 Å². The zero-order chi connectivity index (χ0) is 14.4. The van der Waals surface area contributed by atoms with E-state index in [2.05, 4.69) is 44.2 Å². The van der Waals surface area contributed by atoms with Crippen LogP contribution in [0.25, 0.3) is 26.8 Å². The topological polar surface area (TPSA) is 30.7 Å². The summed E-state index contributed by atoms with van der Waals surface area (Å²) in [5.74, 6) is 0.842. The highest BCUT2D eigenvalue weighted by Crippen LogP contribution is 2.30. The van der Waals surface area contributed by atoms with E-state index in [4.69, 9.17) is 11.6 Å². The molecule has 0 aliphatic carbocycles. The summed E-state index contributed by atoms with van der Waals surface area (Å²) >= 11 is 8.07. The van der Waals surface area contributed by atoms with Crippen LogP contribution in [-0.4, -0.2) is 14.5 Å². The standard InChI is InChI=1S/C16H12ClN3S/c1-10(17)16-19-13-9-18-6-4-14(13)20(16)12-2-3-15-11(8-12)5-7-21-15/h2-10H,1H3. The van der Waals surface area contributed by atoms with Crippen LogP contribution in [0.2, 0.25) is 0 Å². The predicted molar refractivity (Wildman–Crippen MR) is 88.5 cm³/mol. The van der Waals surface area contributed by atoms with Gasteiger partial charge in [0.2, 0.25) is 0 Å². The van der Waals surface area contributed by atoms with Crippen LogP contribution in [0.3, 0.4) is 0 Å². The van der Waals surface area contributed by atoms with E-state index in [9.17, 15) is 0 Å². The number of nitrogens with zero attached hydrogens (tertiary/aromatic N) is 3. The Morgan fingerprint density at radius 2 is 2.14 bits per heavy atom. The van der Waals surface area contributed by atoms with Gasteiger partial charge < -0.3 is 0 Å². The summed E-state index contributed by atoms with van der Waals surface area (Å²) in [5.41, 5.74) is 2.98. The van der Waals surface area contributed by atoms with Gasteiger partial charge in [-0.1, -0.05) is 0 Å². The molecule has 0 spiro atoms. The van der Waals surface area contributed by atoms with E-state index in [1.54, 1.807) is 23.7 Å². The molecule has 4 aromatic rings. The summed E-state index contributed by atoms with van der Waals surface area (Å²) in [6.07, 6.45) is 3.56. The molecule has 1 atom stereocenters. The number of hydrogen-bond acceptors (Lipinski definition) is 3. The molecule has 0 radical (unpaired) electrons. The first-order chi connectivity index (χ1) is 10.2. The van der Waals surface area contributed by atoms with Gasteiger partial charge in [-0.25, -0.2) is 4.98 Å². The smallest absolute Gasteiger partial charge is 0.132 e. The van der Waals surface area contributed by atoms with Crippen LogP contribution in [0.4, 0.5) is 0 Å². The van der Waals surface area contributed by atoms with E-state index < -0.39 is 0 Å². The van der Waals surface area contributed by atoms with Gasteiger partial charge in [-0.2, -0.15) is 0 Å². The van der Waals surface area contributed by atoms with Gasteiger partial charge in [-0.3, -0.25) is 9.55 Å².